The number of carbonyl (C=O) groups is 1. The van der Waals surface area contributed by atoms with Gasteiger partial charge in [-0.25, -0.2) is 0 Å². The van der Waals surface area contributed by atoms with Gasteiger partial charge < -0.3 is 29.4 Å². The van der Waals surface area contributed by atoms with Gasteiger partial charge in [0.2, 0.25) is 0 Å². The van der Waals surface area contributed by atoms with Crippen LogP contribution in [-0.2, 0) is 29.0 Å². The van der Waals surface area contributed by atoms with E-state index in [2.05, 4.69) is 29.3 Å². The largest absolute Gasteiger partial charge is 0.493 e. The number of aliphatic hydroxyl groups excluding tert-OH is 1. The number of anilines is 1. The quantitative estimate of drug-likeness (QED) is 0.231. The summed E-state index contributed by atoms with van der Waals surface area (Å²) in [6, 6.07) is 28.9. The first-order valence-corrected chi connectivity index (χ1v) is 15.4. The molecule has 4 atom stereocenters. The molecule has 2 heterocycles. The zero-order chi connectivity index (χ0) is 31.3. The van der Waals surface area contributed by atoms with E-state index >= 15 is 0 Å². The van der Waals surface area contributed by atoms with Crippen molar-refractivity contribution in [1.29, 1.82) is 0 Å². The SMILES string of the molecule is COc1cc2c(cc1OC)CN(C[C@H]1O[C@@H](c3ccc(NC(=O)c4ccccc4)cc3)O[C@@H](c3ccc(CO)cc3)[C@H]1C)CC2. The fourth-order valence-electron chi connectivity index (χ4n) is 6.20. The fraction of sp³-hybridized carbons (Fsp3) is 0.324. The lowest BCUT2D eigenvalue weighted by Crippen LogP contribution is -2.45. The molecule has 8 nitrogen and oxygen atoms in total. The molecule has 8 heteroatoms. The van der Waals surface area contributed by atoms with Gasteiger partial charge in [0.25, 0.3) is 5.91 Å². The molecule has 0 saturated carbocycles. The number of aliphatic hydroxyl groups is 1. The molecule has 6 rings (SSSR count). The third kappa shape index (κ3) is 6.89. The minimum absolute atomic E-state index is 0.00400. The van der Waals surface area contributed by atoms with E-state index in [1.54, 1.807) is 26.4 Å². The van der Waals surface area contributed by atoms with Crippen LogP contribution in [0.4, 0.5) is 5.69 Å². The van der Waals surface area contributed by atoms with Crippen molar-refractivity contribution in [3.05, 3.63) is 124 Å². The molecule has 45 heavy (non-hydrogen) atoms. The molecule has 234 valence electrons. The average molecular weight is 609 g/mol. The van der Waals surface area contributed by atoms with E-state index in [0.29, 0.717) is 11.3 Å². The van der Waals surface area contributed by atoms with Gasteiger partial charge in [0.15, 0.2) is 17.8 Å². The van der Waals surface area contributed by atoms with Crippen LogP contribution < -0.4 is 14.8 Å². The second-order valence-corrected chi connectivity index (χ2v) is 11.7. The maximum Gasteiger partial charge on any atom is 0.255 e. The Morgan fingerprint density at radius 1 is 0.889 bits per heavy atom. The van der Waals surface area contributed by atoms with Crippen molar-refractivity contribution in [2.75, 3.05) is 32.6 Å². The van der Waals surface area contributed by atoms with Crippen LogP contribution in [0.25, 0.3) is 0 Å². The summed E-state index contributed by atoms with van der Waals surface area (Å²) in [5, 5.41) is 12.5. The Labute approximate surface area is 264 Å². The molecular weight excluding hydrogens is 568 g/mol. The first-order valence-electron chi connectivity index (χ1n) is 15.4. The summed E-state index contributed by atoms with van der Waals surface area (Å²) in [6.45, 7) is 4.62. The van der Waals surface area contributed by atoms with Crippen molar-refractivity contribution in [3.8, 4) is 11.5 Å². The monoisotopic (exact) mass is 608 g/mol. The summed E-state index contributed by atoms with van der Waals surface area (Å²) in [5.74, 6) is 1.41. The number of fused-ring (bicyclic) bond motifs is 1. The third-order valence-electron chi connectivity index (χ3n) is 8.84. The summed E-state index contributed by atoms with van der Waals surface area (Å²) in [7, 11) is 3.33. The molecule has 4 aromatic carbocycles. The maximum atomic E-state index is 12.7. The molecule has 0 aromatic heterocycles. The highest BCUT2D eigenvalue weighted by Gasteiger charge is 2.39. The summed E-state index contributed by atoms with van der Waals surface area (Å²) in [6.07, 6.45) is 0.0127. The third-order valence-corrected chi connectivity index (χ3v) is 8.84. The Balaban J connectivity index is 1.21. The topological polar surface area (TPSA) is 89.5 Å². The predicted molar refractivity (Wildman–Crippen MR) is 172 cm³/mol. The maximum absolute atomic E-state index is 12.7. The van der Waals surface area contributed by atoms with Crippen molar-refractivity contribution in [2.24, 2.45) is 5.92 Å². The number of nitrogens with one attached hydrogen (secondary N) is 1. The Bertz CT molecular complexity index is 1590. The molecule has 1 fully saturated rings. The Hall–Kier alpha value is -4.21. The van der Waals surface area contributed by atoms with Crippen molar-refractivity contribution in [2.45, 2.75) is 45.0 Å². The van der Waals surface area contributed by atoms with Gasteiger partial charge in [-0.3, -0.25) is 9.69 Å². The number of methoxy groups -OCH3 is 2. The minimum Gasteiger partial charge on any atom is -0.493 e. The van der Waals surface area contributed by atoms with Crippen LogP contribution >= 0.6 is 0 Å². The van der Waals surface area contributed by atoms with Crippen LogP contribution in [0.3, 0.4) is 0 Å². The van der Waals surface area contributed by atoms with Gasteiger partial charge in [-0.15, -0.1) is 0 Å². The number of hydrogen-bond donors (Lipinski definition) is 2. The molecule has 2 N–H and O–H groups in total. The Morgan fingerprint density at radius 2 is 1.56 bits per heavy atom. The number of benzene rings is 4. The normalized spacial score (nSPS) is 21.5. The first kappa shape index (κ1) is 30.8. The van der Waals surface area contributed by atoms with E-state index in [1.165, 1.54) is 11.1 Å². The predicted octanol–water partition coefficient (Wildman–Crippen LogP) is 6.30. The molecule has 0 aliphatic carbocycles. The number of rotatable bonds is 9. The van der Waals surface area contributed by atoms with Gasteiger partial charge in [-0.1, -0.05) is 61.5 Å². The number of nitrogens with zero attached hydrogens (tertiary/aromatic N) is 1. The lowest BCUT2D eigenvalue weighted by atomic mass is 9.89. The summed E-state index contributed by atoms with van der Waals surface area (Å²) in [5.41, 5.74) is 6.60. The van der Waals surface area contributed by atoms with Gasteiger partial charge >= 0.3 is 0 Å². The van der Waals surface area contributed by atoms with Crippen molar-refractivity contribution >= 4 is 11.6 Å². The molecule has 0 unspecified atom stereocenters. The minimum atomic E-state index is -0.589. The van der Waals surface area contributed by atoms with Crippen LogP contribution in [0, 0.1) is 5.92 Å². The molecule has 4 aromatic rings. The number of amides is 1. The smallest absolute Gasteiger partial charge is 0.255 e. The molecule has 1 saturated heterocycles. The van der Waals surface area contributed by atoms with Gasteiger partial charge in [0.05, 0.1) is 33.0 Å². The zero-order valence-electron chi connectivity index (χ0n) is 25.9. The average Bonchev–Trinajstić information content (AvgIpc) is 3.09. The lowest BCUT2D eigenvalue weighted by molar-refractivity contribution is -0.276. The van der Waals surface area contributed by atoms with Crippen LogP contribution in [0.5, 0.6) is 11.5 Å². The molecule has 0 radical (unpaired) electrons. The van der Waals surface area contributed by atoms with Gasteiger partial charge in [-0.2, -0.15) is 0 Å². The van der Waals surface area contributed by atoms with Crippen LogP contribution in [0.15, 0.2) is 91.0 Å². The Kier molecular flexibility index (Phi) is 9.47. The molecule has 0 spiro atoms. The van der Waals surface area contributed by atoms with Crippen LogP contribution in [-0.4, -0.2) is 49.3 Å². The molecule has 2 aliphatic rings. The highest BCUT2D eigenvalue weighted by Crippen LogP contribution is 2.42. The van der Waals surface area contributed by atoms with Crippen LogP contribution in [0.1, 0.15) is 57.5 Å². The standard InChI is InChI=1S/C37H40N2O6/c1-24-34(22-39-18-17-29-19-32(42-2)33(43-3)20-30(29)21-39)44-37(45-35(24)26-11-9-25(23-40)10-12-26)28-13-15-31(16-14-28)38-36(41)27-7-5-4-6-8-27/h4-16,19-20,24,34-35,37,40H,17-18,21-23H2,1-3H3,(H,38,41)/t24-,34+,35+,37+/m0/s1. The van der Waals surface area contributed by atoms with Gasteiger partial charge in [-0.05, 0) is 65.1 Å². The molecule has 2 aliphatic heterocycles. The number of hydrogen-bond acceptors (Lipinski definition) is 7. The van der Waals surface area contributed by atoms with E-state index in [-0.39, 0.29) is 30.6 Å². The zero-order valence-corrected chi connectivity index (χ0v) is 25.9. The number of ether oxygens (including phenoxy) is 4. The van der Waals surface area contributed by atoms with E-state index in [9.17, 15) is 9.90 Å². The number of carbonyl (C=O) groups excluding carboxylic acids is 1. The second-order valence-electron chi connectivity index (χ2n) is 11.7. The highest BCUT2D eigenvalue weighted by atomic mass is 16.7. The second kappa shape index (κ2) is 13.8. The lowest BCUT2D eigenvalue weighted by Gasteiger charge is -2.43. The molecular formula is C37H40N2O6. The molecule has 0 bridgehead atoms. The summed E-state index contributed by atoms with van der Waals surface area (Å²) >= 11 is 0. The van der Waals surface area contributed by atoms with Crippen LogP contribution in [0.2, 0.25) is 0 Å². The van der Waals surface area contributed by atoms with E-state index in [0.717, 1.165) is 54.2 Å². The van der Waals surface area contributed by atoms with E-state index in [1.807, 2.05) is 66.7 Å². The van der Waals surface area contributed by atoms with Crippen molar-refractivity contribution in [1.82, 2.24) is 4.90 Å². The molecule has 1 amide bonds. The first-order chi connectivity index (χ1) is 21.9. The van der Waals surface area contributed by atoms with E-state index < -0.39 is 6.29 Å². The van der Waals surface area contributed by atoms with Gasteiger partial charge in [0, 0.05) is 42.4 Å². The van der Waals surface area contributed by atoms with Crippen molar-refractivity contribution < 1.29 is 28.8 Å². The van der Waals surface area contributed by atoms with E-state index in [4.69, 9.17) is 18.9 Å². The van der Waals surface area contributed by atoms with Gasteiger partial charge in [0.1, 0.15) is 0 Å². The summed E-state index contributed by atoms with van der Waals surface area (Å²) < 4.78 is 24.5. The summed E-state index contributed by atoms with van der Waals surface area (Å²) in [4.78, 5) is 15.1. The fourth-order valence-corrected chi connectivity index (χ4v) is 6.20. The van der Waals surface area contributed by atoms with Crippen molar-refractivity contribution in [3.63, 3.8) is 0 Å². The highest BCUT2D eigenvalue weighted by molar-refractivity contribution is 6.04. The Morgan fingerprint density at radius 3 is 2.22 bits per heavy atom.